The SMILES string of the molecule is CC(=O)NCC#Cc1c(N)cccc1C(=O)O. The van der Waals surface area contributed by atoms with Crippen LogP contribution in [0, 0.1) is 11.8 Å². The Morgan fingerprint density at radius 2 is 2.18 bits per heavy atom. The number of nitrogens with one attached hydrogen (secondary N) is 1. The maximum atomic E-state index is 10.9. The molecule has 1 rings (SSSR count). The molecular formula is C12H12N2O3. The Bertz CT molecular complexity index is 512. The number of amides is 1. The van der Waals surface area contributed by atoms with Crippen LogP contribution in [0.3, 0.4) is 0 Å². The number of hydrogen-bond donors (Lipinski definition) is 3. The molecule has 1 aromatic rings. The average molecular weight is 232 g/mol. The molecule has 0 aliphatic carbocycles. The quantitative estimate of drug-likeness (QED) is 0.510. The second-order valence-electron chi connectivity index (χ2n) is 3.29. The van der Waals surface area contributed by atoms with Crippen molar-refractivity contribution in [3.05, 3.63) is 29.3 Å². The van der Waals surface area contributed by atoms with Gasteiger partial charge in [-0.15, -0.1) is 0 Å². The molecule has 1 aromatic carbocycles. The van der Waals surface area contributed by atoms with E-state index in [1.165, 1.54) is 13.0 Å². The lowest BCUT2D eigenvalue weighted by Crippen LogP contribution is -2.19. The van der Waals surface area contributed by atoms with Crippen LogP contribution in [0.1, 0.15) is 22.8 Å². The summed E-state index contributed by atoms with van der Waals surface area (Å²) in [5.41, 5.74) is 6.28. The summed E-state index contributed by atoms with van der Waals surface area (Å²) in [5.74, 6) is 4.01. The Morgan fingerprint density at radius 1 is 1.47 bits per heavy atom. The smallest absolute Gasteiger partial charge is 0.337 e. The Hall–Kier alpha value is -2.48. The van der Waals surface area contributed by atoms with Crippen molar-refractivity contribution in [2.75, 3.05) is 12.3 Å². The largest absolute Gasteiger partial charge is 0.478 e. The van der Waals surface area contributed by atoms with Gasteiger partial charge in [0.1, 0.15) is 0 Å². The zero-order valence-corrected chi connectivity index (χ0v) is 9.28. The summed E-state index contributed by atoms with van der Waals surface area (Å²) in [7, 11) is 0. The highest BCUT2D eigenvalue weighted by molar-refractivity contribution is 5.92. The van der Waals surface area contributed by atoms with Gasteiger partial charge >= 0.3 is 5.97 Å². The molecule has 0 radical (unpaired) electrons. The first kappa shape index (κ1) is 12.6. The molecule has 0 aliphatic heterocycles. The van der Waals surface area contributed by atoms with E-state index in [0.717, 1.165) is 0 Å². The molecule has 0 spiro atoms. The van der Waals surface area contributed by atoms with E-state index >= 15 is 0 Å². The molecule has 0 saturated carbocycles. The van der Waals surface area contributed by atoms with E-state index in [1.807, 2.05) is 0 Å². The number of carboxylic acids is 1. The molecule has 88 valence electrons. The summed E-state index contributed by atoms with van der Waals surface area (Å²) in [6, 6.07) is 4.56. The molecule has 5 heteroatoms. The van der Waals surface area contributed by atoms with Crippen molar-refractivity contribution in [2.45, 2.75) is 6.92 Å². The van der Waals surface area contributed by atoms with Gasteiger partial charge in [0.15, 0.2) is 0 Å². The molecule has 0 fully saturated rings. The van der Waals surface area contributed by atoms with Crippen LogP contribution in [0.2, 0.25) is 0 Å². The Labute approximate surface area is 98.6 Å². The van der Waals surface area contributed by atoms with Crippen molar-refractivity contribution in [3.8, 4) is 11.8 Å². The van der Waals surface area contributed by atoms with E-state index in [4.69, 9.17) is 10.8 Å². The van der Waals surface area contributed by atoms with Crippen molar-refractivity contribution in [1.29, 1.82) is 0 Å². The third kappa shape index (κ3) is 3.54. The fourth-order valence-corrected chi connectivity index (χ4v) is 1.19. The summed E-state index contributed by atoms with van der Waals surface area (Å²) in [4.78, 5) is 21.5. The minimum Gasteiger partial charge on any atom is -0.478 e. The molecule has 0 aliphatic rings. The van der Waals surface area contributed by atoms with Gasteiger partial charge in [-0.05, 0) is 12.1 Å². The standard InChI is InChI=1S/C12H12N2O3/c1-8(15)14-7-3-5-9-10(12(16)17)4-2-6-11(9)13/h2,4,6H,7,13H2,1H3,(H,14,15)(H,16,17). The Balaban J connectivity index is 2.96. The number of rotatable bonds is 2. The van der Waals surface area contributed by atoms with Gasteiger partial charge < -0.3 is 16.2 Å². The normalized spacial score (nSPS) is 9.00. The summed E-state index contributed by atoms with van der Waals surface area (Å²) in [5, 5.41) is 11.4. The molecule has 1 amide bonds. The van der Waals surface area contributed by atoms with Crippen LogP contribution in [-0.4, -0.2) is 23.5 Å². The fraction of sp³-hybridized carbons (Fsp3) is 0.167. The molecule has 0 bridgehead atoms. The highest BCUT2D eigenvalue weighted by Crippen LogP contribution is 2.15. The van der Waals surface area contributed by atoms with Crippen LogP contribution in [0.5, 0.6) is 0 Å². The first-order chi connectivity index (χ1) is 8.02. The highest BCUT2D eigenvalue weighted by atomic mass is 16.4. The van der Waals surface area contributed by atoms with E-state index in [2.05, 4.69) is 17.2 Å². The number of hydrogen-bond acceptors (Lipinski definition) is 3. The zero-order valence-electron chi connectivity index (χ0n) is 9.28. The Kier molecular flexibility index (Phi) is 4.12. The second-order valence-corrected chi connectivity index (χ2v) is 3.29. The van der Waals surface area contributed by atoms with Crippen molar-refractivity contribution in [3.63, 3.8) is 0 Å². The molecule has 17 heavy (non-hydrogen) atoms. The molecule has 0 atom stereocenters. The molecular weight excluding hydrogens is 220 g/mol. The van der Waals surface area contributed by atoms with Crippen LogP contribution >= 0.6 is 0 Å². The number of anilines is 1. The molecule has 5 nitrogen and oxygen atoms in total. The van der Waals surface area contributed by atoms with Gasteiger partial charge in [0, 0.05) is 12.6 Å². The summed E-state index contributed by atoms with van der Waals surface area (Å²) < 4.78 is 0. The van der Waals surface area contributed by atoms with E-state index in [-0.39, 0.29) is 23.6 Å². The lowest BCUT2D eigenvalue weighted by atomic mass is 10.1. The zero-order chi connectivity index (χ0) is 12.8. The van der Waals surface area contributed by atoms with Gasteiger partial charge in [-0.2, -0.15) is 0 Å². The maximum Gasteiger partial charge on any atom is 0.337 e. The predicted molar refractivity (Wildman–Crippen MR) is 63.4 cm³/mol. The first-order valence-corrected chi connectivity index (χ1v) is 4.87. The van der Waals surface area contributed by atoms with E-state index in [9.17, 15) is 9.59 Å². The van der Waals surface area contributed by atoms with Crippen molar-refractivity contribution >= 4 is 17.6 Å². The number of carbonyl (C=O) groups excluding carboxylic acids is 1. The van der Waals surface area contributed by atoms with Crippen LogP contribution in [0.25, 0.3) is 0 Å². The number of carboxylic acid groups (broad SMARTS) is 1. The van der Waals surface area contributed by atoms with Crippen molar-refractivity contribution < 1.29 is 14.7 Å². The van der Waals surface area contributed by atoms with Gasteiger partial charge in [0.05, 0.1) is 17.7 Å². The average Bonchev–Trinajstić information content (AvgIpc) is 2.25. The third-order valence-corrected chi connectivity index (χ3v) is 1.97. The van der Waals surface area contributed by atoms with Crippen molar-refractivity contribution in [1.82, 2.24) is 5.32 Å². The number of nitrogen functional groups attached to an aromatic ring is 1. The van der Waals surface area contributed by atoms with Gasteiger partial charge in [0.2, 0.25) is 5.91 Å². The van der Waals surface area contributed by atoms with Crippen LogP contribution in [0.4, 0.5) is 5.69 Å². The van der Waals surface area contributed by atoms with Crippen LogP contribution in [-0.2, 0) is 4.79 Å². The van der Waals surface area contributed by atoms with E-state index in [0.29, 0.717) is 5.69 Å². The summed E-state index contributed by atoms with van der Waals surface area (Å²) in [6.07, 6.45) is 0. The van der Waals surface area contributed by atoms with Crippen molar-refractivity contribution in [2.24, 2.45) is 0 Å². The first-order valence-electron chi connectivity index (χ1n) is 4.87. The number of benzene rings is 1. The molecule has 0 saturated heterocycles. The third-order valence-electron chi connectivity index (χ3n) is 1.97. The molecule has 0 unspecified atom stereocenters. The van der Waals surface area contributed by atoms with Gasteiger partial charge in [-0.25, -0.2) is 4.79 Å². The minimum atomic E-state index is -1.08. The van der Waals surface area contributed by atoms with Crippen LogP contribution < -0.4 is 11.1 Å². The second kappa shape index (κ2) is 5.56. The fourth-order valence-electron chi connectivity index (χ4n) is 1.19. The van der Waals surface area contributed by atoms with E-state index in [1.54, 1.807) is 12.1 Å². The Morgan fingerprint density at radius 3 is 2.76 bits per heavy atom. The number of nitrogens with two attached hydrogens (primary N) is 1. The lowest BCUT2D eigenvalue weighted by Gasteiger charge is -2.02. The highest BCUT2D eigenvalue weighted by Gasteiger charge is 2.09. The molecule has 4 N–H and O–H groups in total. The van der Waals surface area contributed by atoms with Gasteiger partial charge in [0.25, 0.3) is 0 Å². The number of aromatic carboxylic acids is 1. The predicted octanol–water partition coefficient (Wildman–Crippen LogP) is 0.455. The van der Waals surface area contributed by atoms with Crippen LogP contribution in [0.15, 0.2) is 18.2 Å². The molecule has 0 aromatic heterocycles. The topological polar surface area (TPSA) is 92.4 Å². The maximum absolute atomic E-state index is 10.9. The lowest BCUT2D eigenvalue weighted by molar-refractivity contribution is -0.118. The van der Waals surface area contributed by atoms with Gasteiger partial charge in [-0.3, -0.25) is 4.79 Å². The summed E-state index contributed by atoms with van der Waals surface area (Å²) in [6.45, 7) is 1.53. The molecule has 0 heterocycles. The van der Waals surface area contributed by atoms with E-state index < -0.39 is 5.97 Å². The van der Waals surface area contributed by atoms with Gasteiger partial charge in [-0.1, -0.05) is 17.9 Å². The summed E-state index contributed by atoms with van der Waals surface area (Å²) >= 11 is 0. The minimum absolute atomic E-state index is 0.0559. The number of carbonyl (C=O) groups is 2. The monoisotopic (exact) mass is 232 g/mol.